The first kappa shape index (κ1) is 28.9. The molecule has 0 fully saturated rings. The molecule has 0 saturated heterocycles. The fraction of sp³-hybridized carbons (Fsp3) is 0.909. The fourth-order valence-corrected chi connectivity index (χ4v) is 4.04. The molecule has 0 spiro atoms. The van der Waals surface area contributed by atoms with Crippen molar-refractivity contribution in [2.24, 2.45) is 0 Å². The predicted octanol–water partition coefficient (Wildman–Crippen LogP) is 3.42. The van der Waals surface area contributed by atoms with E-state index in [1.54, 1.807) is 0 Å². The fourth-order valence-electron chi connectivity index (χ4n) is 3.44. The van der Waals surface area contributed by atoms with E-state index in [0.717, 1.165) is 25.7 Å². The minimum Gasteiger partial charge on any atom is -0.747 e. The molecule has 0 saturated carbocycles. The lowest BCUT2D eigenvalue weighted by atomic mass is 10.0. The number of hydrogen-bond donors (Lipinski definition) is 1. The van der Waals surface area contributed by atoms with Gasteiger partial charge in [-0.25, -0.2) is 8.42 Å². The van der Waals surface area contributed by atoms with Gasteiger partial charge < -0.3 is 19.8 Å². The second-order valence-electron chi connectivity index (χ2n) is 8.16. The largest absolute Gasteiger partial charge is 0.747 e. The molecule has 1 N–H and O–H groups in total. The third-order valence-corrected chi connectivity index (χ3v) is 6.39. The highest BCUT2D eigenvalue weighted by Gasteiger charge is 2.21. The molecule has 7 nitrogen and oxygen atoms in total. The Kier molecular flexibility index (Phi) is 17.9. The van der Waals surface area contributed by atoms with Gasteiger partial charge in [0.25, 0.3) is 0 Å². The van der Waals surface area contributed by atoms with E-state index in [0.29, 0.717) is 6.54 Å². The summed E-state index contributed by atoms with van der Waals surface area (Å²) in [6, 6.07) is 0. The summed E-state index contributed by atoms with van der Waals surface area (Å²) in [4.78, 5) is 22.2. The van der Waals surface area contributed by atoms with Gasteiger partial charge in [-0.3, -0.25) is 4.79 Å². The van der Waals surface area contributed by atoms with Gasteiger partial charge in [0.1, 0.15) is 10.1 Å². The molecule has 0 aliphatic heterocycles. The number of carboxylic acid groups (broad SMARTS) is 1. The first-order valence-electron chi connectivity index (χ1n) is 11.7. The van der Waals surface area contributed by atoms with E-state index in [1.807, 2.05) is 0 Å². The number of carbonyl (C=O) groups is 2. The third kappa shape index (κ3) is 17.7. The number of nitrogens with one attached hydrogen (secondary N) is 1. The topological polar surface area (TPSA) is 126 Å². The maximum atomic E-state index is 11.6. The second-order valence-corrected chi connectivity index (χ2v) is 9.71. The van der Waals surface area contributed by atoms with E-state index in [-0.39, 0.29) is 0 Å². The molecule has 0 aromatic heterocycles. The Morgan fingerprint density at radius 2 is 1.10 bits per heavy atom. The Morgan fingerprint density at radius 1 is 0.733 bits per heavy atom. The Labute approximate surface area is 183 Å². The normalized spacial score (nSPS) is 12.6. The van der Waals surface area contributed by atoms with E-state index < -0.39 is 33.7 Å². The SMILES string of the molecule is CCCCCCCCCCCCCCCCCCNC(=O)CC(C(=O)[O-])S(=O)(=O)[O-]. The van der Waals surface area contributed by atoms with Crippen molar-refractivity contribution < 1.29 is 27.7 Å². The molecule has 1 amide bonds. The van der Waals surface area contributed by atoms with Crippen LogP contribution >= 0.6 is 0 Å². The molecule has 8 heteroatoms. The number of aliphatic carboxylic acids is 1. The Balaban J connectivity index is 3.42. The summed E-state index contributed by atoms with van der Waals surface area (Å²) in [6.45, 7) is 2.59. The first-order chi connectivity index (χ1) is 14.3. The lowest BCUT2D eigenvalue weighted by Crippen LogP contribution is -2.44. The molecule has 1 atom stereocenters. The molecule has 1 unspecified atom stereocenters. The van der Waals surface area contributed by atoms with Gasteiger partial charge in [0.15, 0.2) is 0 Å². The summed E-state index contributed by atoms with van der Waals surface area (Å²) in [5.41, 5.74) is 0. The number of rotatable bonds is 21. The molecular formula is C22H41NO6S-2. The number of unbranched alkanes of at least 4 members (excludes halogenated alkanes) is 15. The van der Waals surface area contributed by atoms with Crippen molar-refractivity contribution in [1.29, 1.82) is 0 Å². The lowest BCUT2D eigenvalue weighted by Gasteiger charge is -2.20. The highest BCUT2D eigenvalue weighted by atomic mass is 32.2. The third-order valence-electron chi connectivity index (χ3n) is 5.33. The van der Waals surface area contributed by atoms with Gasteiger partial charge in [0.05, 0.1) is 11.2 Å². The van der Waals surface area contributed by atoms with Gasteiger partial charge in [-0.05, 0) is 6.42 Å². The van der Waals surface area contributed by atoms with Crippen molar-refractivity contribution in [1.82, 2.24) is 5.32 Å². The molecule has 0 radical (unpaired) electrons. The van der Waals surface area contributed by atoms with Crippen LogP contribution in [0.1, 0.15) is 116 Å². The highest BCUT2D eigenvalue weighted by molar-refractivity contribution is 7.87. The maximum Gasteiger partial charge on any atom is 0.221 e. The van der Waals surface area contributed by atoms with Crippen molar-refractivity contribution in [3.63, 3.8) is 0 Å². The predicted molar refractivity (Wildman–Crippen MR) is 116 cm³/mol. The van der Waals surface area contributed by atoms with Gasteiger partial charge in [-0.15, -0.1) is 0 Å². The molecule has 178 valence electrons. The van der Waals surface area contributed by atoms with Gasteiger partial charge in [0.2, 0.25) is 5.91 Å². The van der Waals surface area contributed by atoms with Crippen LogP contribution in [0.25, 0.3) is 0 Å². The monoisotopic (exact) mass is 447 g/mol. The summed E-state index contributed by atoms with van der Waals surface area (Å²) in [7, 11) is -5.09. The van der Waals surface area contributed by atoms with Crippen LogP contribution in [-0.2, 0) is 19.7 Å². The van der Waals surface area contributed by atoms with Crippen LogP contribution in [0.3, 0.4) is 0 Å². The Bertz CT molecular complexity index is 550. The van der Waals surface area contributed by atoms with Crippen LogP contribution in [0.4, 0.5) is 0 Å². The second kappa shape index (κ2) is 18.6. The van der Waals surface area contributed by atoms with E-state index in [9.17, 15) is 27.7 Å². The number of carbonyl (C=O) groups excluding carboxylic acids is 2. The molecular weight excluding hydrogens is 406 g/mol. The number of hydrogen-bond acceptors (Lipinski definition) is 6. The quantitative estimate of drug-likeness (QED) is 0.212. The standard InChI is InChI=1S/C22H43NO6S/c1-2-3-4-5-6-7-8-9-10-11-12-13-14-15-16-17-18-23-21(24)19-20(22(25)26)30(27,28)29/h20H,2-19H2,1H3,(H,23,24)(H,25,26)(H,27,28,29)/p-2. The Hall–Kier alpha value is -1.15. The zero-order chi connectivity index (χ0) is 22.7. The van der Waals surface area contributed by atoms with Crippen molar-refractivity contribution in [2.75, 3.05) is 6.54 Å². The number of amides is 1. The summed E-state index contributed by atoms with van der Waals surface area (Å²) < 4.78 is 32.4. The van der Waals surface area contributed by atoms with Crippen LogP contribution in [0.2, 0.25) is 0 Å². The number of carboxylic acids is 1. The van der Waals surface area contributed by atoms with Crippen molar-refractivity contribution >= 4 is 22.0 Å². The summed E-state index contributed by atoms with van der Waals surface area (Å²) in [6.07, 6.45) is 19.1. The minimum atomic E-state index is -5.09. The maximum absolute atomic E-state index is 11.6. The van der Waals surface area contributed by atoms with Crippen molar-refractivity contribution in [3.05, 3.63) is 0 Å². The minimum absolute atomic E-state index is 0.343. The smallest absolute Gasteiger partial charge is 0.221 e. The molecule has 0 aromatic rings. The van der Waals surface area contributed by atoms with Gasteiger partial charge >= 0.3 is 0 Å². The van der Waals surface area contributed by atoms with Crippen molar-refractivity contribution in [2.45, 2.75) is 121 Å². The summed E-state index contributed by atoms with van der Waals surface area (Å²) >= 11 is 0. The molecule has 0 bridgehead atoms. The average molecular weight is 448 g/mol. The first-order valence-corrected chi connectivity index (χ1v) is 13.2. The molecule has 0 aliphatic rings. The zero-order valence-corrected chi connectivity index (χ0v) is 19.5. The molecule has 0 heterocycles. The molecule has 0 rings (SSSR count). The van der Waals surface area contributed by atoms with Gasteiger partial charge in [0, 0.05) is 13.0 Å². The Morgan fingerprint density at radius 3 is 1.43 bits per heavy atom. The van der Waals surface area contributed by atoms with Crippen molar-refractivity contribution in [3.8, 4) is 0 Å². The summed E-state index contributed by atoms with van der Waals surface area (Å²) in [5, 5.41) is 10.8. The van der Waals surface area contributed by atoms with Crippen LogP contribution in [-0.4, -0.2) is 36.6 Å². The lowest BCUT2D eigenvalue weighted by molar-refractivity contribution is -0.305. The van der Waals surface area contributed by atoms with E-state index >= 15 is 0 Å². The van der Waals surface area contributed by atoms with Crippen LogP contribution < -0.4 is 10.4 Å². The average Bonchev–Trinajstić information content (AvgIpc) is 2.67. The molecule has 0 aliphatic carbocycles. The molecule has 30 heavy (non-hydrogen) atoms. The van der Waals surface area contributed by atoms with E-state index in [4.69, 9.17) is 0 Å². The highest BCUT2D eigenvalue weighted by Crippen LogP contribution is 2.13. The van der Waals surface area contributed by atoms with E-state index in [1.165, 1.54) is 77.0 Å². The molecule has 0 aromatic carbocycles. The summed E-state index contributed by atoms with van der Waals surface area (Å²) in [5.74, 6) is -2.80. The van der Waals surface area contributed by atoms with E-state index in [2.05, 4.69) is 12.2 Å². The van der Waals surface area contributed by atoms with Crippen LogP contribution in [0.5, 0.6) is 0 Å². The van der Waals surface area contributed by atoms with Gasteiger partial charge in [-0.2, -0.15) is 0 Å². The van der Waals surface area contributed by atoms with Gasteiger partial charge in [-0.1, -0.05) is 103 Å². The van der Waals surface area contributed by atoms with Crippen LogP contribution in [0, 0.1) is 0 Å². The zero-order valence-electron chi connectivity index (χ0n) is 18.7. The van der Waals surface area contributed by atoms with Crippen LogP contribution in [0.15, 0.2) is 0 Å².